The highest BCUT2D eigenvalue weighted by Crippen LogP contribution is 2.38. The molecule has 6 heteroatoms. The molecule has 0 radical (unpaired) electrons. The lowest BCUT2D eigenvalue weighted by Gasteiger charge is -2.21. The number of pyridine rings is 1. The van der Waals surface area contributed by atoms with Gasteiger partial charge in [-0.1, -0.05) is 19.4 Å². The van der Waals surface area contributed by atoms with Gasteiger partial charge in [0.05, 0.1) is 23.6 Å². The lowest BCUT2D eigenvalue weighted by atomic mass is 10.0. The number of aryl methyl sites for hydroxylation is 2. The van der Waals surface area contributed by atoms with Crippen molar-refractivity contribution >= 4 is 35.0 Å². The number of amides is 1. The molecule has 6 nitrogen and oxygen atoms in total. The van der Waals surface area contributed by atoms with Crippen LogP contribution in [0.3, 0.4) is 0 Å². The number of hydrogen-bond donors (Lipinski definition) is 0. The van der Waals surface area contributed by atoms with Crippen LogP contribution in [0.2, 0.25) is 0 Å². The van der Waals surface area contributed by atoms with Gasteiger partial charge < -0.3 is 9.80 Å². The largest absolute Gasteiger partial charge is 0.313 e. The molecule has 5 rings (SSSR count). The van der Waals surface area contributed by atoms with Gasteiger partial charge >= 0.3 is 0 Å². The number of fused-ring (bicyclic) bond motifs is 6. The molecule has 1 aromatic heterocycles. The van der Waals surface area contributed by atoms with Crippen LogP contribution < -0.4 is 9.80 Å². The molecule has 0 unspecified atom stereocenters. The van der Waals surface area contributed by atoms with Gasteiger partial charge in [0.1, 0.15) is 0 Å². The molecule has 0 atom stereocenters. The quantitative estimate of drug-likeness (QED) is 0.656. The van der Waals surface area contributed by atoms with Crippen LogP contribution in [0.25, 0.3) is 5.57 Å². The van der Waals surface area contributed by atoms with Gasteiger partial charge in [-0.25, -0.2) is 0 Å². The molecule has 0 aliphatic carbocycles. The van der Waals surface area contributed by atoms with Gasteiger partial charge in [0.2, 0.25) is 5.96 Å². The van der Waals surface area contributed by atoms with Crippen molar-refractivity contribution in [2.75, 3.05) is 29.9 Å². The van der Waals surface area contributed by atoms with Gasteiger partial charge in [0, 0.05) is 36.6 Å². The van der Waals surface area contributed by atoms with Crippen LogP contribution in [-0.2, 0) is 6.42 Å². The molecule has 0 spiro atoms. The molecule has 2 aromatic rings. The number of carbonyl (C=O) groups is 1. The van der Waals surface area contributed by atoms with Gasteiger partial charge in [-0.05, 0) is 74.4 Å². The summed E-state index contributed by atoms with van der Waals surface area (Å²) in [6, 6.07) is 10.4. The molecule has 1 amide bonds. The van der Waals surface area contributed by atoms with Crippen molar-refractivity contribution in [1.82, 2.24) is 4.98 Å². The van der Waals surface area contributed by atoms with Crippen molar-refractivity contribution in [3.63, 3.8) is 0 Å². The molecule has 2 bridgehead atoms. The maximum absolute atomic E-state index is 13.4. The zero-order chi connectivity index (χ0) is 22.9. The Balaban J connectivity index is 1.57. The van der Waals surface area contributed by atoms with Crippen molar-refractivity contribution < 1.29 is 4.79 Å². The van der Waals surface area contributed by atoms with E-state index in [4.69, 9.17) is 4.98 Å². The molecule has 0 saturated carbocycles. The van der Waals surface area contributed by atoms with E-state index in [2.05, 4.69) is 44.9 Å². The topological polar surface area (TPSA) is 61.2 Å². The third-order valence-corrected chi connectivity index (χ3v) is 6.72. The van der Waals surface area contributed by atoms with Crippen LogP contribution in [-0.4, -0.2) is 43.2 Å². The first kappa shape index (κ1) is 21.6. The summed E-state index contributed by atoms with van der Waals surface area (Å²) in [6.45, 7) is 5.71. The first-order valence-corrected chi connectivity index (χ1v) is 12.0. The van der Waals surface area contributed by atoms with E-state index in [0.717, 1.165) is 67.1 Å². The average molecular weight is 442 g/mol. The maximum Gasteiger partial charge on any atom is 0.280 e. The number of guanidine groups is 1. The number of nitrogens with zero attached hydrogens (tertiary/aromatic N) is 5. The fourth-order valence-corrected chi connectivity index (χ4v) is 4.94. The molecular weight excluding hydrogens is 410 g/mol. The standard InChI is InChI=1S/C27H31N5O/c1-4-5-8-19-10-11-24-25(14-19)32-12-7-6-9-20-16-28-17-22(20)23-15-21(13-18(2)29-23)26(33)30-27(32)31(24)3/h10-11,13-15,17H,4-9,12,16H2,1-3H3/b30-27+. The number of aromatic nitrogens is 1. The molecule has 3 aliphatic heterocycles. The van der Waals surface area contributed by atoms with Crippen LogP contribution >= 0.6 is 0 Å². The summed E-state index contributed by atoms with van der Waals surface area (Å²) in [7, 11) is 2.00. The van der Waals surface area contributed by atoms with Crippen LogP contribution in [0.4, 0.5) is 11.4 Å². The predicted molar refractivity (Wildman–Crippen MR) is 136 cm³/mol. The van der Waals surface area contributed by atoms with Crippen molar-refractivity contribution in [2.45, 2.75) is 52.4 Å². The first-order valence-electron chi connectivity index (χ1n) is 12.0. The highest BCUT2D eigenvalue weighted by molar-refractivity contribution is 6.20. The highest BCUT2D eigenvalue weighted by atomic mass is 16.1. The monoisotopic (exact) mass is 441 g/mol. The fraction of sp³-hybridized carbons (Fsp3) is 0.407. The van der Waals surface area contributed by atoms with Gasteiger partial charge in [-0.3, -0.25) is 14.8 Å². The molecule has 0 N–H and O–H groups in total. The number of benzene rings is 1. The minimum atomic E-state index is -0.232. The van der Waals surface area contributed by atoms with E-state index in [1.54, 1.807) is 0 Å². The van der Waals surface area contributed by atoms with Gasteiger partial charge in [0.25, 0.3) is 5.91 Å². The molecule has 1 aromatic carbocycles. The van der Waals surface area contributed by atoms with Crippen LogP contribution in [0, 0.1) is 6.92 Å². The van der Waals surface area contributed by atoms with Crippen molar-refractivity contribution in [2.24, 2.45) is 9.98 Å². The van der Waals surface area contributed by atoms with E-state index in [0.29, 0.717) is 11.5 Å². The molecule has 3 aliphatic rings. The lowest BCUT2D eigenvalue weighted by Crippen LogP contribution is -2.37. The Hall–Kier alpha value is -3.28. The number of rotatable bonds is 3. The molecule has 170 valence electrons. The summed E-state index contributed by atoms with van der Waals surface area (Å²) in [5.74, 6) is 0.476. The minimum absolute atomic E-state index is 0.232. The summed E-state index contributed by atoms with van der Waals surface area (Å²) >= 11 is 0. The Morgan fingerprint density at radius 2 is 1.97 bits per heavy atom. The van der Waals surface area contributed by atoms with Gasteiger partial charge in [-0.2, -0.15) is 4.99 Å². The lowest BCUT2D eigenvalue weighted by molar-refractivity contribution is 0.100. The number of anilines is 2. The summed E-state index contributed by atoms with van der Waals surface area (Å²) in [5.41, 5.74) is 8.21. The molecular formula is C27H31N5O. The number of hydrogen-bond acceptors (Lipinski definition) is 5. The maximum atomic E-state index is 13.4. The third-order valence-electron chi connectivity index (χ3n) is 6.72. The third kappa shape index (κ3) is 4.10. The Labute approximate surface area is 195 Å². The normalized spacial score (nSPS) is 19.4. The van der Waals surface area contributed by atoms with Crippen LogP contribution in [0.5, 0.6) is 0 Å². The number of carbonyl (C=O) groups excluding carboxylic acids is 1. The van der Waals surface area contributed by atoms with Gasteiger partial charge in [0.15, 0.2) is 0 Å². The van der Waals surface area contributed by atoms with E-state index < -0.39 is 0 Å². The Bertz CT molecular complexity index is 1190. The van der Waals surface area contributed by atoms with E-state index >= 15 is 0 Å². The van der Waals surface area contributed by atoms with E-state index in [9.17, 15) is 4.79 Å². The van der Waals surface area contributed by atoms with E-state index in [1.807, 2.05) is 32.3 Å². The predicted octanol–water partition coefficient (Wildman–Crippen LogP) is 5.21. The number of allylic oxidation sites excluding steroid dienone is 1. The second kappa shape index (κ2) is 8.93. The minimum Gasteiger partial charge on any atom is -0.313 e. The molecule has 0 saturated heterocycles. The first-order chi connectivity index (χ1) is 16.0. The second-order valence-electron chi connectivity index (χ2n) is 9.18. The Morgan fingerprint density at radius 1 is 1.09 bits per heavy atom. The zero-order valence-corrected chi connectivity index (χ0v) is 19.8. The highest BCUT2D eigenvalue weighted by Gasteiger charge is 2.31. The van der Waals surface area contributed by atoms with Crippen molar-refractivity contribution in [3.8, 4) is 0 Å². The van der Waals surface area contributed by atoms with E-state index in [-0.39, 0.29) is 5.91 Å². The van der Waals surface area contributed by atoms with Crippen LogP contribution in [0.1, 0.15) is 66.3 Å². The zero-order valence-electron chi connectivity index (χ0n) is 19.8. The average Bonchev–Trinajstić information content (AvgIpc) is 3.37. The Kier molecular flexibility index (Phi) is 5.83. The molecule has 0 fully saturated rings. The Morgan fingerprint density at radius 3 is 2.82 bits per heavy atom. The molecule has 4 heterocycles. The number of unbranched alkanes of at least 4 members (excludes halogenated alkanes) is 1. The van der Waals surface area contributed by atoms with E-state index in [1.165, 1.54) is 24.0 Å². The number of aliphatic imine (C=N–C) groups is 2. The fourth-order valence-electron chi connectivity index (χ4n) is 4.94. The summed E-state index contributed by atoms with van der Waals surface area (Å²) in [6.07, 6.45) is 8.41. The summed E-state index contributed by atoms with van der Waals surface area (Å²) in [4.78, 5) is 31.5. The van der Waals surface area contributed by atoms with Crippen LogP contribution in [0.15, 0.2) is 45.9 Å². The van der Waals surface area contributed by atoms with Gasteiger partial charge in [-0.15, -0.1) is 0 Å². The smallest absolute Gasteiger partial charge is 0.280 e. The van der Waals surface area contributed by atoms with Crippen molar-refractivity contribution in [1.29, 1.82) is 0 Å². The summed E-state index contributed by atoms with van der Waals surface area (Å²) in [5, 5.41) is 0. The SMILES string of the molecule is CCCCc1ccc2c(c1)N1CCCCC3=C(C=NC3)c3cc(cc(C)n3)C(=O)/N=C/1N2C. The molecule has 33 heavy (non-hydrogen) atoms. The second-order valence-corrected chi connectivity index (χ2v) is 9.18. The van der Waals surface area contributed by atoms with Crippen molar-refractivity contribution in [3.05, 3.63) is 58.4 Å². The summed E-state index contributed by atoms with van der Waals surface area (Å²) < 4.78 is 0.